The molecule has 1 aliphatic rings. The van der Waals surface area contributed by atoms with Crippen molar-refractivity contribution >= 4 is 11.6 Å². The smallest absolute Gasteiger partial charge is 0.253 e. The number of ether oxygens (including phenoxy) is 1. The molecule has 4 nitrogen and oxygen atoms in total. The molecule has 1 aromatic rings. The Hall–Kier alpha value is -1.69. The summed E-state index contributed by atoms with van der Waals surface area (Å²) in [4.78, 5) is 12.0. The van der Waals surface area contributed by atoms with Gasteiger partial charge in [0.25, 0.3) is 5.91 Å². The molecule has 1 aliphatic carbocycles. The van der Waals surface area contributed by atoms with Crippen molar-refractivity contribution in [3.8, 4) is 0 Å². The minimum absolute atomic E-state index is 0.0357. The Bertz CT molecular complexity index is 516. The molecule has 0 heterocycles. The Morgan fingerprint density at radius 2 is 2.05 bits per heavy atom. The summed E-state index contributed by atoms with van der Waals surface area (Å²) in [5.74, 6) is -2.62. The van der Waals surface area contributed by atoms with E-state index < -0.39 is 17.5 Å². The average molecular weight is 284 g/mol. The van der Waals surface area contributed by atoms with Crippen LogP contribution >= 0.6 is 0 Å². The Morgan fingerprint density at radius 3 is 2.65 bits per heavy atom. The predicted molar refractivity (Wildman–Crippen MR) is 71.3 cm³/mol. The number of anilines is 1. The number of nitrogens with two attached hydrogens (primary N) is 1. The van der Waals surface area contributed by atoms with Crippen LogP contribution < -0.4 is 11.1 Å². The fourth-order valence-electron chi connectivity index (χ4n) is 2.13. The zero-order valence-electron chi connectivity index (χ0n) is 11.3. The zero-order chi connectivity index (χ0) is 14.8. The van der Waals surface area contributed by atoms with Gasteiger partial charge in [-0.2, -0.15) is 0 Å². The number of carbonyl (C=O) groups is 1. The Morgan fingerprint density at radius 1 is 1.40 bits per heavy atom. The molecule has 1 saturated carbocycles. The highest BCUT2D eigenvalue weighted by atomic mass is 19.2. The summed E-state index contributed by atoms with van der Waals surface area (Å²) in [6.45, 7) is 1.14. The van der Waals surface area contributed by atoms with Crippen molar-refractivity contribution in [3.63, 3.8) is 0 Å². The van der Waals surface area contributed by atoms with Gasteiger partial charge in [0.2, 0.25) is 0 Å². The highest BCUT2D eigenvalue weighted by molar-refractivity contribution is 5.99. The summed E-state index contributed by atoms with van der Waals surface area (Å²) in [5, 5.41) is 2.73. The van der Waals surface area contributed by atoms with E-state index in [-0.39, 0.29) is 16.7 Å². The fourth-order valence-corrected chi connectivity index (χ4v) is 2.13. The van der Waals surface area contributed by atoms with E-state index >= 15 is 0 Å². The molecule has 0 aromatic heterocycles. The molecule has 1 fully saturated rings. The number of benzene rings is 1. The molecule has 2 rings (SSSR count). The number of halogens is 2. The molecule has 0 saturated heterocycles. The van der Waals surface area contributed by atoms with Gasteiger partial charge in [0.05, 0.1) is 5.56 Å². The van der Waals surface area contributed by atoms with E-state index in [9.17, 15) is 13.6 Å². The van der Waals surface area contributed by atoms with Crippen LogP contribution in [0, 0.1) is 17.0 Å². The number of hydrogen-bond acceptors (Lipinski definition) is 3. The van der Waals surface area contributed by atoms with Crippen LogP contribution in [-0.2, 0) is 4.74 Å². The Balaban J connectivity index is 1.97. The summed E-state index contributed by atoms with van der Waals surface area (Å²) in [7, 11) is 1.64. The summed E-state index contributed by atoms with van der Waals surface area (Å²) < 4.78 is 31.1. The molecule has 110 valence electrons. The Kier molecular flexibility index (Phi) is 4.23. The number of hydrogen-bond donors (Lipinski definition) is 2. The number of methoxy groups -OCH3 is 1. The molecule has 0 radical (unpaired) electrons. The van der Waals surface area contributed by atoms with E-state index in [2.05, 4.69) is 5.32 Å². The highest BCUT2D eigenvalue weighted by Crippen LogP contribution is 2.48. The second-order valence-corrected chi connectivity index (χ2v) is 5.28. The van der Waals surface area contributed by atoms with Crippen LogP contribution in [0.5, 0.6) is 0 Å². The third-order valence-electron chi connectivity index (χ3n) is 3.75. The first-order valence-electron chi connectivity index (χ1n) is 6.49. The third-order valence-corrected chi connectivity index (χ3v) is 3.75. The van der Waals surface area contributed by atoms with Crippen molar-refractivity contribution in [2.24, 2.45) is 5.41 Å². The van der Waals surface area contributed by atoms with Crippen LogP contribution in [-0.4, -0.2) is 26.2 Å². The monoisotopic (exact) mass is 284 g/mol. The predicted octanol–water partition coefficient (Wildman–Crippen LogP) is 2.09. The SMILES string of the molecule is COCCC1(CNC(=O)c2cc(F)c(F)cc2N)CC1. The van der Waals surface area contributed by atoms with Crippen molar-refractivity contribution in [1.29, 1.82) is 0 Å². The number of nitrogens with one attached hydrogen (secondary N) is 1. The lowest BCUT2D eigenvalue weighted by Gasteiger charge is -2.16. The van der Waals surface area contributed by atoms with Crippen LogP contribution in [0.25, 0.3) is 0 Å². The van der Waals surface area contributed by atoms with Gasteiger partial charge in [0.1, 0.15) is 0 Å². The van der Waals surface area contributed by atoms with Crippen LogP contribution in [0.4, 0.5) is 14.5 Å². The van der Waals surface area contributed by atoms with Crippen LogP contribution in [0.1, 0.15) is 29.6 Å². The van der Waals surface area contributed by atoms with Crippen molar-refractivity contribution in [2.75, 3.05) is 26.0 Å². The topological polar surface area (TPSA) is 64.3 Å². The number of rotatable bonds is 6. The molecule has 0 unspecified atom stereocenters. The number of amides is 1. The summed E-state index contributed by atoms with van der Waals surface area (Å²) in [6.07, 6.45) is 2.94. The van der Waals surface area contributed by atoms with Gasteiger partial charge in [0.15, 0.2) is 11.6 Å². The van der Waals surface area contributed by atoms with Gasteiger partial charge in [-0.1, -0.05) is 0 Å². The molecule has 6 heteroatoms. The zero-order valence-corrected chi connectivity index (χ0v) is 11.3. The lowest BCUT2D eigenvalue weighted by atomic mass is 10.0. The highest BCUT2D eigenvalue weighted by Gasteiger charge is 2.42. The lowest BCUT2D eigenvalue weighted by Crippen LogP contribution is -2.31. The van der Waals surface area contributed by atoms with Gasteiger partial charge in [0, 0.05) is 32.0 Å². The first-order valence-corrected chi connectivity index (χ1v) is 6.49. The molecule has 20 heavy (non-hydrogen) atoms. The molecular weight excluding hydrogens is 266 g/mol. The average Bonchev–Trinajstić information content (AvgIpc) is 3.18. The maximum absolute atomic E-state index is 13.1. The van der Waals surface area contributed by atoms with Gasteiger partial charge in [-0.25, -0.2) is 8.78 Å². The summed E-state index contributed by atoms with van der Waals surface area (Å²) >= 11 is 0. The molecule has 3 N–H and O–H groups in total. The maximum atomic E-state index is 13.1. The second-order valence-electron chi connectivity index (χ2n) is 5.28. The van der Waals surface area contributed by atoms with E-state index in [4.69, 9.17) is 10.5 Å². The minimum Gasteiger partial charge on any atom is -0.398 e. The first-order chi connectivity index (χ1) is 9.47. The lowest BCUT2D eigenvalue weighted by molar-refractivity contribution is 0.0938. The molecule has 0 aliphatic heterocycles. The van der Waals surface area contributed by atoms with Gasteiger partial charge < -0.3 is 15.8 Å². The van der Waals surface area contributed by atoms with Gasteiger partial charge in [-0.3, -0.25) is 4.79 Å². The summed E-state index contributed by atoms with van der Waals surface area (Å²) in [6, 6.07) is 1.65. The van der Waals surface area contributed by atoms with E-state index in [1.54, 1.807) is 7.11 Å². The van der Waals surface area contributed by atoms with Crippen molar-refractivity contribution in [3.05, 3.63) is 29.3 Å². The van der Waals surface area contributed by atoms with Gasteiger partial charge >= 0.3 is 0 Å². The van der Waals surface area contributed by atoms with Crippen molar-refractivity contribution < 1.29 is 18.3 Å². The summed E-state index contributed by atoms with van der Waals surface area (Å²) in [5.41, 5.74) is 5.52. The van der Waals surface area contributed by atoms with Crippen LogP contribution in [0.3, 0.4) is 0 Å². The van der Waals surface area contributed by atoms with E-state index in [1.807, 2.05) is 0 Å². The van der Waals surface area contributed by atoms with E-state index in [1.165, 1.54) is 0 Å². The van der Waals surface area contributed by atoms with E-state index in [0.717, 1.165) is 31.4 Å². The molecular formula is C14H18F2N2O2. The fraction of sp³-hybridized carbons (Fsp3) is 0.500. The largest absolute Gasteiger partial charge is 0.398 e. The molecule has 0 atom stereocenters. The van der Waals surface area contributed by atoms with Crippen LogP contribution in [0.15, 0.2) is 12.1 Å². The maximum Gasteiger partial charge on any atom is 0.253 e. The molecule has 1 aromatic carbocycles. The van der Waals surface area contributed by atoms with Crippen molar-refractivity contribution in [2.45, 2.75) is 19.3 Å². The number of nitrogen functional groups attached to an aromatic ring is 1. The minimum atomic E-state index is -1.08. The second kappa shape index (κ2) is 5.75. The quantitative estimate of drug-likeness (QED) is 0.786. The third kappa shape index (κ3) is 3.25. The van der Waals surface area contributed by atoms with Gasteiger partial charge in [-0.15, -0.1) is 0 Å². The number of carbonyl (C=O) groups excluding carboxylic acids is 1. The van der Waals surface area contributed by atoms with Crippen LogP contribution in [0.2, 0.25) is 0 Å². The molecule has 0 spiro atoms. The van der Waals surface area contributed by atoms with Gasteiger partial charge in [-0.05, 0) is 30.7 Å². The normalized spacial score (nSPS) is 15.9. The Labute approximate surface area is 116 Å². The first kappa shape index (κ1) is 14.7. The molecule has 0 bridgehead atoms. The van der Waals surface area contributed by atoms with E-state index in [0.29, 0.717) is 13.2 Å². The molecule has 1 amide bonds. The standard InChI is InChI=1S/C14H18F2N2O2/c1-20-5-4-14(2-3-14)8-18-13(19)9-6-10(15)11(16)7-12(9)17/h6-7H,2-5,8,17H2,1H3,(H,18,19). The van der Waals surface area contributed by atoms with Crippen molar-refractivity contribution in [1.82, 2.24) is 5.32 Å².